The second kappa shape index (κ2) is 5.79. The smallest absolute Gasteiger partial charge is 0.309 e. The van der Waals surface area contributed by atoms with Crippen molar-refractivity contribution in [3.8, 4) is 11.5 Å². The van der Waals surface area contributed by atoms with Crippen molar-refractivity contribution in [2.75, 3.05) is 13.2 Å². The SMILES string of the molecule is CCC(C(=O)O)C(O)c1cc(Br)c2c(c1)OCCO2. The standard InChI is InChI=1S/C13H15BrO5/c1-2-8(13(16)17)11(15)7-5-9(14)12-10(6-7)18-3-4-19-12/h5-6,8,11,15H,2-4H2,1H3,(H,16,17). The Labute approximate surface area is 119 Å². The largest absolute Gasteiger partial charge is 0.486 e. The van der Waals surface area contributed by atoms with Crippen LogP contribution in [-0.4, -0.2) is 29.4 Å². The van der Waals surface area contributed by atoms with Gasteiger partial charge < -0.3 is 19.7 Å². The monoisotopic (exact) mass is 330 g/mol. The molecule has 5 nitrogen and oxygen atoms in total. The molecule has 19 heavy (non-hydrogen) atoms. The number of benzene rings is 1. The van der Waals surface area contributed by atoms with Gasteiger partial charge in [-0.05, 0) is 40.0 Å². The fourth-order valence-electron chi connectivity index (χ4n) is 2.07. The van der Waals surface area contributed by atoms with Gasteiger partial charge in [0.05, 0.1) is 16.5 Å². The van der Waals surface area contributed by atoms with Gasteiger partial charge in [-0.3, -0.25) is 4.79 Å². The zero-order valence-corrected chi connectivity index (χ0v) is 12.0. The quantitative estimate of drug-likeness (QED) is 0.886. The van der Waals surface area contributed by atoms with E-state index < -0.39 is 18.0 Å². The molecule has 0 radical (unpaired) electrons. The first-order valence-electron chi connectivity index (χ1n) is 6.04. The summed E-state index contributed by atoms with van der Waals surface area (Å²) in [5.41, 5.74) is 0.505. The first-order chi connectivity index (χ1) is 9.04. The molecule has 2 N–H and O–H groups in total. The van der Waals surface area contributed by atoms with Crippen molar-refractivity contribution < 1.29 is 24.5 Å². The molecule has 1 aliphatic rings. The van der Waals surface area contributed by atoms with Crippen LogP contribution in [0, 0.1) is 5.92 Å². The van der Waals surface area contributed by atoms with Crippen LogP contribution in [0.25, 0.3) is 0 Å². The molecule has 2 unspecified atom stereocenters. The summed E-state index contributed by atoms with van der Waals surface area (Å²) in [6, 6.07) is 3.30. The number of carboxylic acids is 1. The Balaban J connectivity index is 2.35. The minimum atomic E-state index is -1.07. The number of carbonyl (C=O) groups is 1. The topological polar surface area (TPSA) is 76.0 Å². The number of aliphatic carboxylic acids is 1. The van der Waals surface area contributed by atoms with Crippen molar-refractivity contribution in [2.45, 2.75) is 19.4 Å². The fraction of sp³-hybridized carbons (Fsp3) is 0.462. The Hall–Kier alpha value is -1.27. The van der Waals surface area contributed by atoms with E-state index in [4.69, 9.17) is 14.6 Å². The number of aliphatic hydroxyl groups is 1. The maximum Gasteiger partial charge on any atom is 0.309 e. The lowest BCUT2D eigenvalue weighted by molar-refractivity contribution is -0.146. The number of hydrogen-bond donors (Lipinski definition) is 2. The molecule has 0 bridgehead atoms. The van der Waals surface area contributed by atoms with Gasteiger partial charge in [0, 0.05) is 0 Å². The number of halogens is 1. The molecule has 1 aromatic rings. The van der Waals surface area contributed by atoms with E-state index >= 15 is 0 Å². The predicted octanol–water partition coefficient (Wildman–Crippen LogP) is 2.36. The van der Waals surface area contributed by atoms with Crippen LogP contribution >= 0.6 is 15.9 Å². The first kappa shape index (κ1) is 14.1. The fourth-order valence-corrected chi connectivity index (χ4v) is 2.64. The molecule has 1 heterocycles. The van der Waals surface area contributed by atoms with E-state index in [1.54, 1.807) is 19.1 Å². The third-order valence-corrected chi connectivity index (χ3v) is 3.69. The molecule has 2 rings (SSSR count). The lowest BCUT2D eigenvalue weighted by atomic mass is 9.93. The van der Waals surface area contributed by atoms with Crippen molar-refractivity contribution in [3.63, 3.8) is 0 Å². The molecule has 1 aliphatic heterocycles. The van der Waals surface area contributed by atoms with Crippen LogP contribution in [0.3, 0.4) is 0 Å². The highest BCUT2D eigenvalue weighted by Gasteiger charge is 2.28. The van der Waals surface area contributed by atoms with Gasteiger partial charge in [-0.1, -0.05) is 6.92 Å². The summed E-state index contributed by atoms with van der Waals surface area (Å²) in [6.07, 6.45) is -0.725. The van der Waals surface area contributed by atoms with E-state index in [2.05, 4.69) is 15.9 Å². The van der Waals surface area contributed by atoms with Crippen molar-refractivity contribution in [2.24, 2.45) is 5.92 Å². The summed E-state index contributed by atoms with van der Waals surface area (Å²) in [6.45, 7) is 2.64. The third kappa shape index (κ3) is 2.84. The van der Waals surface area contributed by atoms with Crippen LogP contribution in [0.1, 0.15) is 25.0 Å². The van der Waals surface area contributed by atoms with Gasteiger partial charge in [-0.15, -0.1) is 0 Å². The highest BCUT2D eigenvalue weighted by atomic mass is 79.9. The van der Waals surface area contributed by atoms with Crippen molar-refractivity contribution in [1.82, 2.24) is 0 Å². The minimum absolute atomic E-state index is 0.350. The molecule has 0 fully saturated rings. The Morgan fingerprint density at radius 2 is 2.11 bits per heavy atom. The van der Waals surface area contributed by atoms with Crippen LogP contribution in [-0.2, 0) is 4.79 Å². The Morgan fingerprint density at radius 1 is 1.42 bits per heavy atom. The number of aliphatic hydroxyl groups excluding tert-OH is 1. The minimum Gasteiger partial charge on any atom is -0.486 e. The number of ether oxygens (including phenoxy) is 2. The predicted molar refractivity (Wildman–Crippen MR) is 71.5 cm³/mol. The van der Waals surface area contributed by atoms with E-state index in [1.165, 1.54) is 0 Å². The third-order valence-electron chi connectivity index (χ3n) is 3.10. The van der Waals surface area contributed by atoms with Gasteiger partial charge in [0.15, 0.2) is 11.5 Å². The summed E-state index contributed by atoms with van der Waals surface area (Å²) in [5.74, 6) is -0.740. The van der Waals surface area contributed by atoms with Crippen LogP contribution in [0.4, 0.5) is 0 Å². The van der Waals surface area contributed by atoms with Gasteiger partial charge >= 0.3 is 5.97 Å². The molecule has 0 amide bonds. The van der Waals surface area contributed by atoms with E-state index in [1.807, 2.05) is 0 Å². The van der Waals surface area contributed by atoms with Crippen molar-refractivity contribution in [1.29, 1.82) is 0 Å². The lowest BCUT2D eigenvalue weighted by Crippen LogP contribution is -2.22. The summed E-state index contributed by atoms with van der Waals surface area (Å²) < 4.78 is 11.6. The second-order valence-corrected chi connectivity index (χ2v) is 5.18. The summed E-state index contributed by atoms with van der Waals surface area (Å²) in [4.78, 5) is 11.1. The normalized spacial score (nSPS) is 16.8. The molecule has 2 atom stereocenters. The van der Waals surface area contributed by atoms with Crippen LogP contribution in [0.15, 0.2) is 16.6 Å². The molecule has 0 aromatic heterocycles. The average Bonchev–Trinajstić information content (AvgIpc) is 2.39. The molecule has 104 valence electrons. The maximum atomic E-state index is 11.1. The van der Waals surface area contributed by atoms with Gasteiger partial charge in [0.25, 0.3) is 0 Å². The number of hydrogen-bond acceptors (Lipinski definition) is 4. The lowest BCUT2D eigenvalue weighted by Gasteiger charge is -2.23. The number of rotatable bonds is 4. The van der Waals surface area contributed by atoms with E-state index in [0.29, 0.717) is 41.2 Å². The highest BCUT2D eigenvalue weighted by Crippen LogP contribution is 2.41. The van der Waals surface area contributed by atoms with Crippen molar-refractivity contribution >= 4 is 21.9 Å². The Bertz CT molecular complexity index is 488. The molecular weight excluding hydrogens is 316 g/mol. The second-order valence-electron chi connectivity index (χ2n) is 4.32. The van der Waals surface area contributed by atoms with Gasteiger partial charge in [-0.25, -0.2) is 0 Å². The average molecular weight is 331 g/mol. The molecule has 0 aliphatic carbocycles. The van der Waals surface area contributed by atoms with Crippen LogP contribution in [0.5, 0.6) is 11.5 Å². The summed E-state index contributed by atoms with van der Waals surface area (Å²) in [7, 11) is 0. The number of carboxylic acid groups (broad SMARTS) is 1. The number of fused-ring (bicyclic) bond motifs is 1. The molecule has 6 heteroatoms. The van der Waals surface area contributed by atoms with Crippen molar-refractivity contribution in [3.05, 3.63) is 22.2 Å². The Kier molecular flexibility index (Phi) is 4.31. The summed E-state index contributed by atoms with van der Waals surface area (Å²) >= 11 is 3.35. The van der Waals surface area contributed by atoms with Gasteiger partial charge in [0.1, 0.15) is 13.2 Å². The zero-order chi connectivity index (χ0) is 14.0. The highest BCUT2D eigenvalue weighted by molar-refractivity contribution is 9.10. The van der Waals surface area contributed by atoms with E-state index in [0.717, 1.165) is 0 Å². The summed E-state index contributed by atoms with van der Waals surface area (Å²) in [5, 5.41) is 19.3. The van der Waals surface area contributed by atoms with E-state index in [9.17, 15) is 9.90 Å². The van der Waals surface area contributed by atoms with Gasteiger partial charge in [-0.2, -0.15) is 0 Å². The van der Waals surface area contributed by atoms with E-state index in [-0.39, 0.29) is 0 Å². The zero-order valence-electron chi connectivity index (χ0n) is 10.4. The maximum absolute atomic E-state index is 11.1. The van der Waals surface area contributed by atoms with Crippen LogP contribution in [0.2, 0.25) is 0 Å². The molecule has 0 spiro atoms. The molecule has 0 saturated heterocycles. The Morgan fingerprint density at radius 3 is 2.74 bits per heavy atom. The van der Waals surface area contributed by atoms with Gasteiger partial charge in [0.2, 0.25) is 0 Å². The molecular formula is C13H15BrO5. The first-order valence-corrected chi connectivity index (χ1v) is 6.83. The molecule has 1 aromatic carbocycles. The molecule has 0 saturated carbocycles. The van der Waals surface area contributed by atoms with Crippen LogP contribution < -0.4 is 9.47 Å².